The molecule has 1 aliphatic rings. The summed E-state index contributed by atoms with van der Waals surface area (Å²) in [5.41, 5.74) is 0.715. The first kappa shape index (κ1) is 18.3. The molecule has 0 spiro atoms. The monoisotopic (exact) mass is 358 g/mol. The van der Waals surface area contributed by atoms with E-state index in [-0.39, 0.29) is 18.3 Å². The molecule has 0 atom stereocenters. The summed E-state index contributed by atoms with van der Waals surface area (Å²) in [6, 6.07) is 7.67. The van der Waals surface area contributed by atoms with Crippen molar-refractivity contribution < 1.29 is 19.0 Å². The van der Waals surface area contributed by atoms with Gasteiger partial charge in [0.2, 0.25) is 5.88 Å². The topological polar surface area (TPSA) is 71.5 Å². The normalized spacial score (nSPS) is 14.2. The molecule has 1 fully saturated rings. The molecule has 26 heavy (non-hydrogen) atoms. The van der Waals surface area contributed by atoms with Crippen LogP contribution in [0.3, 0.4) is 0 Å². The Morgan fingerprint density at radius 1 is 1.35 bits per heavy atom. The molecule has 1 aromatic carbocycles. The SMILES string of the molecule is CC(C)(O)CNC(=O)c1cnc(OCC2CC2)c(-c2ccc(F)cc2)c1. The Hall–Kier alpha value is -2.47. The Kier molecular flexibility index (Phi) is 5.23. The fourth-order valence-electron chi connectivity index (χ4n) is 2.41. The first-order valence-electron chi connectivity index (χ1n) is 8.71. The van der Waals surface area contributed by atoms with Crippen molar-refractivity contribution in [1.29, 1.82) is 0 Å². The average molecular weight is 358 g/mol. The second kappa shape index (κ2) is 7.41. The van der Waals surface area contributed by atoms with Crippen LogP contribution in [-0.4, -0.2) is 34.8 Å². The van der Waals surface area contributed by atoms with Gasteiger partial charge in [-0.2, -0.15) is 0 Å². The van der Waals surface area contributed by atoms with E-state index in [1.54, 1.807) is 32.0 Å². The van der Waals surface area contributed by atoms with E-state index in [0.29, 0.717) is 29.5 Å². The molecule has 5 nitrogen and oxygen atoms in total. The summed E-state index contributed by atoms with van der Waals surface area (Å²) >= 11 is 0. The van der Waals surface area contributed by atoms with Crippen LogP contribution >= 0.6 is 0 Å². The standard InChI is InChI=1S/C20H23FN2O3/c1-20(2,25)12-23-18(24)15-9-17(14-5-7-16(21)8-6-14)19(22-10-15)26-11-13-3-4-13/h5-10,13,25H,3-4,11-12H2,1-2H3,(H,23,24). The summed E-state index contributed by atoms with van der Waals surface area (Å²) in [4.78, 5) is 16.7. The molecule has 1 saturated carbocycles. The number of rotatable bonds is 7. The van der Waals surface area contributed by atoms with Gasteiger partial charge in [-0.15, -0.1) is 0 Å². The van der Waals surface area contributed by atoms with Gasteiger partial charge in [0.25, 0.3) is 5.91 Å². The van der Waals surface area contributed by atoms with Crippen molar-refractivity contribution in [1.82, 2.24) is 10.3 Å². The fourth-order valence-corrected chi connectivity index (χ4v) is 2.41. The van der Waals surface area contributed by atoms with E-state index < -0.39 is 5.60 Å². The minimum Gasteiger partial charge on any atom is -0.477 e. The highest BCUT2D eigenvalue weighted by Gasteiger charge is 2.23. The number of nitrogens with zero attached hydrogens (tertiary/aromatic N) is 1. The molecule has 0 aliphatic heterocycles. The number of carbonyl (C=O) groups excluding carboxylic acids is 1. The number of hydrogen-bond acceptors (Lipinski definition) is 4. The van der Waals surface area contributed by atoms with E-state index in [2.05, 4.69) is 10.3 Å². The maximum absolute atomic E-state index is 13.3. The van der Waals surface area contributed by atoms with E-state index in [0.717, 1.165) is 18.4 Å². The van der Waals surface area contributed by atoms with Crippen molar-refractivity contribution in [3.63, 3.8) is 0 Å². The molecule has 1 aliphatic carbocycles. The lowest BCUT2D eigenvalue weighted by atomic mass is 10.0. The van der Waals surface area contributed by atoms with Crippen LogP contribution in [0.5, 0.6) is 5.88 Å². The van der Waals surface area contributed by atoms with Gasteiger partial charge >= 0.3 is 0 Å². The predicted molar refractivity (Wildman–Crippen MR) is 96.5 cm³/mol. The molecule has 1 aromatic heterocycles. The minimum atomic E-state index is -1.00. The van der Waals surface area contributed by atoms with Crippen LogP contribution in [0.4, 0.5) is 4.39 Å². The van der Waals surface area contributed by atoms with Gasteiger partial charge in [0.1, 0.15) is 5.82 Å². The highest BCUT2D eigenvalue weighted by molar-refractivity contribution is 5.95. The van der Waals surface area contributed by atoms with Crippen LogP contribution in [0.1, 0.15) is 37.0 Å². The van der Waals surface area contributed by atoms with Crippen LogP contribution in [0.2, 0.25) is 0 Å². The lowest BCUT2D eigenvalue weighted by Crippen LogP contribution is -2.38. The zero-order valence-electron chi connectivity index (χ0n) is 15.0. The molecule has 2 N–H and O–H groups in total. The van der Waals surface area contributed by atoms with Gasteiger partial charge < -0.3 is 15.2 Å². The number of aliphatic hydroxyl groups is 1. The number of pyridine rings is 1. The molecule has 0 radical (unpaired) electrons. The smallest absolute Gasteiger partial charge is 0.252 e. The van der Waals surface area contributed by atoms with Crippen LogP contribution in [0, 0.1) is 11.7 Å². The Balaban J connectivity index is 1.86. The van der Waals surface area contributed by atoms with E-state index in [1.807, 2.05) is 0 Å². The minimum absolute atomic E-state index is 0.123. The van der Waals surface area contributed by atoms with E-state index in [1.165, 1.54) is 18.3 Å². The maximum Gasteiger partial charge on any atom is 0.252 e. The number of ether oxygens (including phenoxy) is 1. The van der Waals surface area contributed by atoms with Gasteiger partial charge in [0.15, 0.2) is 0 Å². The molecule has 0 unspecified atom stereocenters. The zero-order chi connectivity index (χ0) is 18.7. The number of aromatic nitrogens is 1. The summed E-state index contributed by atoms with van der Waals surface area (Å²) in [6.45, 7) is 3.94. The molecule has 1 heterocycles. The molecule has 138 valence electrons. The molecule has 2 aromatic rings. The van der Waals surface area contributed by atoms with Gasteiger partial charge in [-0.1, -0.05) is 12.1 Å². The third kappa shape index (κ3) is 5.02. The second-order valence-electron chi connectivity index (χ2n) is 7.33. The summed E-state index contributed by atoms with van der Waals surface area (Å²) in [7, 11) is 0. The van der Waals surface area contributed by atoms with Gasteiger partial charge in [-0.3, -0.25) is 4.79 Å². The Morgan fingerprint density at radius 3 is 2.65 bits per heavy atom. The van der Waals surface area contributed by atoms with Crippen molar-refractivity contribution >= 4 is 5.91 Å². The highest BCUT2D eigenvalue weighted by Crippen LogP contribution is 2.33. The number of nitrogens with one attached hydrogen (secondary N) is 1. The van der Waals surface area contributed by atoms with Crippen molar-refractivity contribution in [2.24, 2.45) is 5.92 Å². The van der Waals surface area contributed by atoms with Crippen LogP contribution < -0.4 is 10.1 Å². The molecular weight excluding hydrogens is 335 g/mol. The van der Waals surface area contributed by atoms with Gasteiger partial charge in [-0.25, -0.2) is 9.37 Å². The lowest BCUT2D eigenvalue weighted by Gasteiger charge is -2.18. The second-order valence-corrected chi connectivity index (χ2v) is 7.33. The Bertz CT molecular complexity index is 781. The molecule has 3 rings (SSSR count). The molecule has 0 bridgehead atoms. The maximum atomic E-state index is 13.3. The average Bonchev–Trinajstić information content (AvgIpc) is 3.42. The third-order valence-corrected chi connectivity index (χ3v) is 4.10. The van der Waals surface area contributed by atoms with Gasteiger partial charge in [-0.05, 0) is 56.4 Å². The molecule has 6 heteroatoms. The molecule has 0 saturated heterocycles. The summed E-state index contributed by atoms with van der Waals surface area (Å²) in [5.74, 6) is 0.327. The van der Waals surface area contributed by atoms with Crippen LogP contribution in [-0.2, 0) is 0 Å². The van der Waals surface area contributed by atoms with Crippen molar-refractivity contribution in [3.05, 3.63) is 47.9 Å². The first-order valence-corrected chi connectivity index (χ1v) is 8.71. The first-order chi connectivity index (χ1) is 12.3. The van der Waals surface area contributed by atoms with Crippen molar-refractivity contribution in [3.8, 4) is 17.0 Å². The number of amides is 1. The van der Waals surface area contributed by atoms with E-state index >= 15 is 0 Å². The summed E-state index contributed by atoms with van der Waals surface area (Å²) in [5, 5.41) is 12.4. The Morgan fingerprint density at radius 2 is 2.04 bits per heavy atom. The van der Waals surface area contributed by atoms with Crippen LogP contribution in [0.15, 0.2) is 36.5 Å². The van der Waals surface area contributed by atoms with E-state index in [4.69, 9.17) is 4.74 Å². The van der Waals surface area contributed by atoms with E-state index in [9.17, 15) is 14.3 Å². The predicted octanol–water partition coefficient (Wildman–Crippen LogP) is 3.18. The highest BCUT2D eigenvalue weighted by atomic mass is 19.1. The Labute approximate surface area is 152 Å². The molecule has 1 amide bonds. The number of hydrogen-bond donors (Lipinski definition) is 2. The summed E-state index contributed by atoms with van der Waals surface area (Å²) < 4.78 is 19.1. The van der Waals surface area contributed by atoms with Gasteiger partial charge in [0, 0.05) is 18.3 Å². The number of benzene rings is 1. The fraction of sp³-hybridized carbons (Fsp3) is 0.400. The number of carbonyl (C=O) groups is 1. The zero-order valence-corrected chi connectivity index (χ0v) is 15.0. The third-order valence-electron chi connectivity index (χ3n) is 4.10. The van der Waals surface area contributed by atoms with Gasteiger partial charge in [0.05, 0.1) is 17.8 Å². The number of halogens is 1. The quantitative estimate of drug-likeness (QED) is 0.797. The van der Waals surface area contributed by atoms with Crippen molar-refractivity contribution in [2.45, 2.75) is 32.3 Å². The molecular formula is C20H23FN2O3. The summed E-state index contributed by atoms with van der Waals surface area (Å²) in [6.07, 6.45) is 3.77. The lowest BCUT2D eigenvalue weighted by molar-refractivity contribution is 0.0694. The van der Waals surface area contributed by atoms with Crippen molar-refractivity contribution in [2.75, 3.05) is 13.2 Å². The largest absolute Gasteiger partial charge is 0.477 e. The van der Waals surface area contributed by atoms with Crippen LogP contribution in [0.25, 0.3) is 11.1 Å².